The Hall–Kier alpha value is -1.13. The zero-order valence-electron chi connectivity index (χ0n) is 15.8. The molecule has 0 bridgehead atoms. The highest BCUT2D eigenvalue weighted by molar-refractivity contribution is 5.97. The van der Waals surface area contributed by atoms with E-state index in [1.54, 1.807) is 0 Å². The second-order valence-electron chi connectivity index (χ2n) is 8.52. The molecule has 0 fully saturated rings. The lowest BCUT2D eigenvalue weighted by molar-refractivity contribution is -0.121. The maximum Gasteiger partial charge on any atom is 0.162 e. The Morgan fingerprint density at radius 2 is 2.12 bits per heavy atom. The van der Waals surface area contributed by atoms with Crippen molar-refractivity contribution in [3.8, 4) is 0 Å². The molecule has 0 saturated heterocycles. The number of ketones is 1. The van der Waals surface area contributed by atoms with Crippen LogP contribution in [0.2, 0.25) is 0 Å². The topological polar surface area (TPSA) is 66.8 Å². The first-order chi connectivity index (χ1) is 11.9. The monoisotopic (exact) mass is 348 g/mol. The number of aliphatic hydroxyl groups excluding tert-OH is 2. The Kier molecular flexibility index (Phi) is 5.40. The molecule has 3 aliphatic rings. The molecule has 3 rings (SSSR count). The number of ether oxygens (including phenoxy) is 1. The fourth-order valence-electron chi connectivity index (χ4n) is 4.67. The van der Waals surface area contributed by atoms with E-state index in [9.17, 15) is 15.0 Å². The highest BCUT2D eigenvalue weighted by atomic mass is 16.5. The van der Waals surface area contributed by atoms with Gasteiger partial charge in [0, 0.05) is 30.9 Å². The van der Waals surface area contributed by atoms with Crippen LogP contribution in [0.5, 0.6) is 0 Å². The van der Waals surface area contributed by atoms with Gasteiger partial charge in [-0.25, -0.2) is 0 Å². The van der Waals surface area contributed by atoms with E-state index in [0.29, 0.717) is 36.9 Å². The van der Waals surface area contributed by atoms with Gasteiger partial charge in [0.05, 0.1) is 0 Å². The minimum Gasteiger partial charge on any atom is -0.488 e. The highest BCUT2D eigenvalue weighted by Crippen LogP contribution is 2.51. The van der Waals surface area contributed by atoms with Crippen molar-refractivity contribution in [2.24, 2.45) is 17.8 Å². The summed E-state index contributed by atoms with van der Waals surface area (Å²) < 4.78 is 6.25. The van der Waals surface area contributed by atoms with Gasteiger partial charge in [0.1, 0.15) is 17.5 Å². The smallest absolute Gasteiger partial charge is 0.162 e. The number of Topliss-reactive ketones (excluding diaryl/α,β-unsaturated/α-hetero) is 1. The van der Waals surface area contributed by atoms with Crippen LogP contribution >= 0.6 is 0 Å². The average molecular weight is 348 g/mol. The third-order valence-corrected chi connectivity index (χ3v) is 6.43. The van der Waals surface area contributed by atoms with Crippen molar-refractivity contribution in [2.75, 3.05) is 6.61 Å². The van der Waals surface area contributed by atoms with Crippen LogP contribution in [-0.2, 0) is 9.53 Å². The van der Waals surface area contributed by atoms with Gasteiger partial charge in [-0.3, -0.25) is 4.79 Å². The minimum absolute atomic E-state index is 0.151. The molecule has 0 amide bonds. The molecule has 4 heteroatoms. The Labute approximate surface area is 151 Å². The van der Waals surface area contributed by atoms with Crippen LogP contribution in [0, 0.1) is 17.8 Å². The zero-order chi connectivity index (χ0) is 18.2. The average Bonchev–Trinajstić information content (AvgIpc) is 2.93. The first-order valence-electron chi connectivity index (χ1n) is 9.80. The third kappa shape index (κ3) is 3.56. The number of fused-ring (bicyclic) bond motifs is 1. The molecule has 0 aromatic rings. The van der Waals surface area contributed by atoms with Gasteiger partial charge in [-0.1, -0.05) is 31.9 Å². The summed E-state index contributed by atoms with van der Waals surface area (Å²) in [6.45, 7) is 6.73. The van der Waals surface area contributed by atoms with Crippen LogP contribution in [0.4, 0.5) is 0 Å². The number of rotatable bonds is 6. The summed E-state index contributed by atoms with van der Waals surface area (Å²) in [5.74, 6) is 1.77. The van der Waals surface area contributed by atoms with Crippen LogP contribution in [0.1, 0.15) is 65.7 Å². The Bertz CT molecular complexity index is 591. The summed E-state index contributed by atoms with van der Waals surface area (Å²) in [6.07, 6.45) is 7.42. The molecule has 0 saturated carbocycles. The van der Waals surface area contributed by atoms with Gasteiger partial charge in [-0.15, -0.1) is 0 Å². The molecule has 0 aromatic heterocycles. The number of hydrogen-bond acceptors (Lipinski definition) is 4. The molecule has 1 heterocycles. The minimum atomic E-state index is -0.619. The van der Waals surface area contributed by atoms with Crippen LogP contribution in [0.25, 0.3) is 0 Å². The summed E-state index contributed by atoms with van der Waals surface area (Å²) in [5.41, 5.74) is 1.83. The van der Waals surface area contributed by atoms with E-state index in [1.807, 2.05) is 0 Å². The Balaban J connectivity index is 1.70. The van der Waals surface area contributed by atoms with Gasteiger partial charge >= 0.3 is 0 Å². The number of carbonyl (C=O) groups excluding carboxylic acids is 1. The van der Waals surface area contributed by atoms with Crippen LogP contribution in [0.3, 0.4) is 0 Å². The molecule has 2 aliphatic carbocycles. The highest BCUT2D eigenvalue weighted by Gasteiger charge is 2.50. The number of carbonyl (C=O) groups is 1. The fourth-order valence-corrected chi connectivity index (χ4v) is 4.67. The summed E-state index contributed by atoms with van der Waals surface area (Å²) in [6, 6.07) is 0. The first-order valence-corrected chi connectivity index (χ1v) is 9.80. The second-order valence-corrected chi connectivity index (χ2v) is 8.52. The summed E-state index contributed by atoms with van der Waals surface area (Å²) >= 11 is 0. The van der Waals surface area contributed by atoms with E-state index in [4.69, 9.17) is 4.74 Å². The van der Waals surface area contributed by atoms with E-state index < -0.39 is 6.10 Å². The van der Waals surface area contributed by atoms with Gasteiger partial charge in [0.25, 0.3) is 0 Å². The second kappa shape index (κ2) is 7.24. The van der Waals surface area contributed by atoms with E-state index >= 15 is 0 Å². The molecule has 5 atom stereocenters. The fraction of sp³-hybridized carbons (Fsp3) is 0.762. The standard InChI is InChI=1S/C21H32O4/c1-13(12-22)5-4-6-14(2)15-9-10-21(3)17(15)11-16-18(23)7-8-19(24)20(16)25-21/h9,13-14,17,19,22,24H,4-8,10-12H2,1-3H3/t13-,14+,17-,19+,21+/m0/s1. The summed E-state index contributed by atoms with van der Waals surface area (Å²) in [4.78, 5) is 12.3. The number of hydrogen-bond donors (Lipinski definition) is 2. The number of allylic oxidation sites excluding steroid dienone is 1. The van der Waals surface area contributed by atoms with E-state index in [0.717, 1.165) is 31.3 Å². The van der Waals surface area contributed by atoms with Crippen LogP contribution < -0.4 is 0 Å². The molecule has 0 aromatic carbocycles. The maximum atomic E-state index is 12.3. The van der Waals surface area contributed by atoms with Crippen LogP contribution in [0.15, 0.2) is 23.0 Å². The van der Waals surface area contributed by atoms with E-state index in [1.165, 1.54) is 5.57 Å². The van der Waals surface area contributed by atoms with E-state index in [2.05, 4.69) is 26.8 Å². The third-order valence-electron chi connectivity index (χ3n) is 6.43. The number of aliphatic hydroxyl groups is 2. The van der Waals surface area contributed by atoms with Gasteiger partial charge in [0.15, 0.2) is 5.78 Å². The maximum absolute atomic E-state index is 12.3. The zero-order valence-corrected chi connectivity index (χ0v) is 15.8. The van der Waals surface area contributed by atoms with Crippen molar-refractivity contribution in [1.82, 2.24) is 0 Å². The van der Waals surface area contributed by atoms with Crippen molar-refractivity contribution in [3.05, 3.63) is 23.0 Å². The lowest BCUT2D eigenvalue weighted by Gasteiger charge is -2.43. The molecule has 25 heavy (non-hydrogen) atoms. The summed E-state index contributed by atoms with van der Waals surface area (Å²) in [7, 11) is 0. The molecule has 0 unspecified atom stereocenters. The Morgan fingerprint density at radius 1 is 1.36 bits per heavy atom. The molecule has 4 nitrogen and oxygen atoms in total. The van der Waals surface area contributed by atoms with E-state index in [-0.39, 0.29) is 23.9 Å². The quantitative estimate of drug-likeness (QED) is 0.721. The summed E-state index contributed by atoms with van der Waals surface area (Å²) in [5, 5.41) is 19.4. The lowest BCUT2D eigenvalue weighted by atomic mass is 9.73. The van der Waals surface area contributed by atoms with Gasteiger partial charge < -0.3 is 14.9 Å². The van der Waals surface area contributed by atoms with Gasteiger partial charge in [-0.2, -0.15) is 0 Å². The molecule has 140 valence electrons. The van der Waals surface area contributed by atoms with Gasteiger partial charge in [-0.05, 0) is 44.4 Å². The molecule has 2 N–H and O–H groups in total. The molecule has 0 spiro atoms. The predicted molar refractivity (Wildman–Crippen MR) is 96.8 cm³/mol. The first kappa shape index (κ1) is 18.7. The van der Waals surface area contributed by atoms with Gasteiger partial charge in [0.2, 0.25) is 0 Å². The molecule has 0 radical (unpaired) electrons. The van der Waals surface area contributed by atoms with Crippen molar-refractivity contribution < 1.29 is 19.7 Å². The largest absolute Gasteiger partial charge is 0.488 e. The molecular formula is C21H32O4. The predicted octanol–water partition coefficient (Wildman–Crippen LogP) is 3.52. The molecular weight excluding hydrogens is 316 g/mol. The van der Waals surface area contributed by atoms with Crippen LogP contribution in [-0.4, -0.2) is 34.3 Å². The van der Waals surface area contributed by atoms with Crippen molar-refractivity contribution in [3.63, 3.8) is 0 Å². The van der Waals surface area contributed by atoms with Crippen molar-refractivity contribution in [2.45, 2.75) is 77.4 Å². The van der Waals surface area contributed by atoms with Crippen molar-refractivity contribution in [1.29, 1.82) is 0 Å². The normalized spacial score (nSPS) is 34.1. The Morgan fingerprint density at radius 3 is 2.84 bits per heavy atom. The SMILES string of the molecule is C[C@H](CO)CCC[C@@H](C)C1=CC[C@@]2(C)OC3=C(C[C@@H]12)C(=O)CC[C@H]3O. The molecule has 1 aliphatic heterocycles. The van der Waals surface area contributed by atoms with Crippen molar-refractivity contribution >= 4 is 5.78 Å². The lowest BCUT2D eigenvalue weighted by Crippen LogP contribution is -2.44.